The monoisotopic (exact) mass is 345 g/mol. The van der Waals surface area contributed by atoms with E-state index in [1.165, 1.54) is 24.9 Å². The topological polar surface area (TPSA) is 60.8 Å². The van der Waals surface area contributed by atoms with Crippen molar-refractivity contribution < 1.29 is 28.2 Å². The smallest absolute Gasteiger partial charge is 0.475 e. The van der Waals surface area contributed by atoms with E-state index >= 15 is 0 Å². The van der Waals surface area contributed by atoms with Crippen LogP contribution in [-0.4, -0.2) is 52.5 Å². The Morgan fingerprint density at radius 3 is 2.25 bits per heavy atom. The van der Waals surface area contributed by atoms with Gasteiger partial charge in [-0.25, -0.2) is 4.79 Å². The second-order valence-electron chi connectivity index (χ2n) is 6.35. The van der Waals surface area contributed by atoms with Gasteiger partial charge in [0.05, 0.1) is 6.10 Å². The molecule has 24 heavy (non-hydrogen) atoms. The van der Waals surface area contributed by atoms with E-state index < -0.39 is 12.1 Å². The van der Waals surface area contributed by atoms with Gasteiger partial charge in [-0.2, -0.15) is 13.2 Å². The van der Waals surface area contributed by atoms with E-state index in [4.69, 9.17) is 9.90 Å². The van der Waals surface area contributed by atoms with E-state index in [2.05, 4.69) is 35.2 Å². The summed E-state index contributed by atoms with van der Waals surface area (Å²) < 4.78 is 31.7. The first-order valence-corrected chi connectivity index (χ1v) is 8.03. The number of carboxylic acids is 1. The maximum atomic E-state index is 10.6. The molecule has 0 bridgehead atoms. The largest absolute Gasteiger partial charge is 0.490 e. The molecule has 1 saturated heterocycles. The Kier molecular flexibility index (Phi) is 6.23. The van der Waals surface area contributed by atoms with E-state index in [1.54, 1.807) is 0 Å². The minimum Gasteiger partial charge on any atom is -0.475 e. The lowest BCUT2D eigenvalue weighted by atomic mass is 10.0. The fourth-order valence-corrected chi connectivity index (χ4v) is 2.88. The van der Waals surface area contributed by atoms with Gasteiger partial charge in [-0.05, 0) is 37.2 Å². The highest BCUT2D eigenvalue weighted by molar-refractivity contribution is 5.73. The van der Waals surface area contributed by atoms with Crippen molar-refractivity contribution in [2.24, 2.45) is 5.92 Å². The number of aliphatic carboxylic acids is 1. The lowest BCUT2D eigenvalue weighted by Gasteiger charge is -2.26. The molecule has 1 aromatic carbocycles. The first-order valence-electron chi connectivity index (χ1n) is 8.03. The Morgan fingerprint density at radius 1 is 1.17 bits per heavy atom. The molecular formula is C17H22F3NO3. The standard InChI is InChI=1S/C15H21NO.C2HF3O2/c17-15-8-9-16(11-13-6-7-13)14(15)10-12-4-2-1-3-5-12;3-2(4,5)1(6)7/h1-5,13-15,17H,6-11H2;(H,6,7)/t14-,15+;/m0./s1. The highest BCUT2D eigenvalue weighted by Crippen LogP contribution is 2.33. The molecule has 1 heterocycles. The zero-order chi connectivity index (χ0) is 17.7. The SMILES string of the molecule is O=C(O)C(F)(F)F.O[C@@H]1CCN(CC2CC2)[C@H]1Cc1ccccc1. The number of nitrogens with zero attached hydrogens (tertiary/aromatic N) is 1. The lowest BCUT2D eigenvalue weighted by Crippen LogP contribution is -2.38. The summed E-state index contributed by atoms with van der Waals surface area (Å²) in [6, 6.07) is 10.9. The second-order valence-corrected chi connectivity index (χ2v) is 6.35. The first kappa shape index (κ1) is 18.7. The van der Waals surface area contributed by atoms with Crippen LogP contribution in [0.15, 0.2) is 30.3 Å². The van der Waals surface area contributed by atoms with Crippen molar-refractivity contribution in [3.8, 4) is 0 Å². The molecular weight excluding hydrogens is 323 g/mol. The van der Waals surface area contributed by atoms with Crippen LogP contribution in [0.3, 0.4) is 0 Å². The first-order chi connectivity index (χ1) is 11.3. The summed E-state index contributed by atoms with van der Waals surface area (Å²) in [7, 11) is 0. The fourth-order valence-electron chi connectivity index (χ4n) is 2.88. The molecule has 1 aliphatic carbocycles. The van der Waals surface area contributed by atoms with Crippen molar-refractivity contribution in [2.45, 2.75) is 44.0 Å². The maximum Gasteiger partial charge on any atom is 0.490 e. The zero-order valence-corrected chi connectivity index (χ0v) is 13.2. The normalized spacial score (nSPS) is 24.3. The molecule has 2 N–H and O–H groups in total. The van der Waals surface area contributed by atoms with Crippen molar-refractivity contribution >= 4 is 5.97 Å². The number of halogens is 3. The van der Waals surface area contributed by atoms with E-state index in [1.807, 2.05) is 0 Å². The van der Waals surface area contributed by atoms with Gasteiger partial charge in [0, 0.05) is 19.1 Å². The van der Waals surface area contributed by atoms with Gasteiger partial charge in [0.2, 0.25) is 0 Å². The Balaban J connectivity index is 0.000000256. The summed E-state index contributed by atoms with van der Waals surface area (Å²) in [5, 5.41) is 17.2. The Labute approximate surface area is 138 Å². The summed E-state index contributed by atoms with van der Waals surface area (Å²) in [4.78, 5) is 11.4. The van der Waals surface area contributed by atoms with Gasteiger partial charge >= 0.3 is 12.1 Å². The number of benzene rings is 1. The number of hydrogen-bond acceptors (Lipinski definition) is 3. The minimum absolute atomic E-state index is 0.131. The second kappa shape index (κ2) is 7.98. The van der Waals surface area contributed by atoms with Crippen molar-refractivity contribution in [2.75, 3.05) is 13.1 Å². The molecule has 0 aromatic heterocycles. The van der Waals surface area contributed by atoms with E-state index in [0.29, 0.717) is 6.04 Å². The Morgan fingerprint density at radius 2 is 1.75 bits per heavy atom. The van der Waals surface area contributed by atoms with Gasteiger partial charge in [0.1, 0.15) is 0 Å². The molecule has 0 unspecified atom stereocenters. The van der Waals surface area contributed by atoms with Gasteiger partial charge in [-0.15, -0.1) is 0 Å². The number of aliphatic hydroxyl groups excluding tert-OH is 1. The van der Waals surface area contributed by atoms with Gasteiger partial charge in [-0.3, -0.25) is 4.90 Å². The maximum absolute atomic E-state index is 10.6. The third kappa shape index (κ3) is 5.79. The minimum atomic E-state index is -5.08. The predicted octanol–water partition coefficient (Wildman–Crippen LogP) is 2.71. The molecule has 134 valence electrons. The molecule has 7 heteroatoms. The van der Waals surface area contributed by atoms with Crippen LogP contribution >= 0.6 is 0 Å². The van der Waals surface area contributed by atoms with Crippen LogP contribution in [0, 0.1) is 5.92 Å². The summed E-state index contributed by atoms with van der Waals surface area (Å²) >= 11 is 0. The van der Waals surface area contributed by atoms with Crippen molar-refractivity contribution in [3.05, 3.63) is 35.9 Å². The third-order valence-electron chi connectivity index (χ3n) is 4.35. The molecule has 1 aromatic rings. The number of carbonyl (C=O) groups is 1. The Bertz CT molecular complexity index is 532. The van der Waals surface area contributed by atoms with Gasteiger partial charge in [0.15, 0.2) is 0 Å². The molecule has 3 rings (SSSR count). The van der Waals surface area contributed by atoms with Gasteiger partial charge < -0.3 is 10.2 Å². The lowest BCUT2D eigenvalue weighted by molar-refractivity contribution is -0.192. The van der Waals surface area contributed by atoms with Crippen LogP contribution in [0.5, 0.6) is 0 Å². The number of carboxylic acid groups (broad SMARTS) is 1. The summed E-state index contributed by atoms with van der Waals surface area (Å²) in [5.41, 5.74) is 1.35. The van der Waals surface area contributed by atoms with Crippen LogP contribution in [-0.2, 0) is 11.2 Å². The van der Waals surface area contributed by atoms with E-state index in [9.17, 15) is 18.3 Å². The van der Waals surface area contributed by atoms with Crippen molar-refractivity contribution in [3.63, 3.8) is 0 Å². The van der Waals surface area contributed by atoms with Crippen LogP contribution in [0.25, 0.3) is 0 Å². The molecule has 4 nitrogen and oxygen atoms in total. The molecule has 2 aliphatic rings. The van der Waals surface area contributed by atoms with Gasteiger partial charge in [0.25, 0.3) is 0 Å². The highest BCUT2D eigenvalue weighted by Gasteiger charge is 2.38. The molecule has 0 spiro atoms. The summed E-state index contributed by atoms with van der Waals surface area (Å²) in [6.45, 7) is 2.28. The Hall–Kier alpha value is -1.60. The predicted molar refractivity (Wildman–Crippen MR) is 82.5 cm³/mol. The number of rotatable bonds is 4. The van der Waals surface area contributed by atoms with Crippen LogP contribution in [0.2, 0.25) is 0 Å². The molecule has 1 aliphatic heterocycles. The van der Waals surface area contributed by atoms with E-state index in [-0.39, 0.29) is 6.10 Å². The number of hydrogen-bond donors (Lipinski definition) is 2. The molecule has 0 radical (unpaired) electrons. The van der Waals surface area contributed by atoms with Crippen molar-refractivity contribution in [1.82, 2.24) is 4.90 Å². The third-order valence-corrected chi connectivity index (χ3v) is 4.35. The zero-order valence-electron chi connectivity index (χ0n) is 13.2. The van der Waals surface area contributed by atoms with Crippen LogP contribution < -0.4 is 0 Å². The number of alkyl halides is 3. The molecule has 1 saturated carbocycles. The molecule has 2 atom stereocenters. The van der Waals surface area contributed by atoms with Gasteiger partial charge in [-0.1, -0.05) is 30.3 Å². The fraction of sp³-hybridized carbons (Fsp3) is 0.588. The van der Waals surface area contributed by atoms with Crippen LogP contribution in [0.1, 0.15) is 24.8 Å². The molecule has 2 fully saturated rings. The summed E-state index contributed by atoms with van der Waals surface area (Å²) in [6.07, 6.45) is -0.484. The van der Waals surface area contributed by atoms with Crippen LogP contribution in [0.4, 0.5) is 13.2 Å². The quantitative estimate of drug-likeness (QED) is 0.881. The average Bonchev–Trinajstić information content (AvgIpc) is 3.27. The van der Waals surface area contributed by atoms with Crippen molar-refractivity contribution in [1.29, 1.82) is 0 Å². The summed E-state index contributed by atoms with van der Waals surface area (Å²) in [5.74, 6) is -1.84. The average molecular weight is 345 g/mol. The molecule has 0 amide bonds. The number of aliphatic hydroxyl groups is 1. The number of likely N-dealkylation sites (tertiary alicyclic amines) is 1. The van der Waals surface area contributed by atoms with E-state index in [0.717, 1.165) is 25.3 Å². The highest BCUT2D eigenvalue weighted by atomic mass is 19.4.